The molecule has 17 heavy (non-hydrogen) atoms. The third-order valence-corrected chi connectivity index (χ3v) is 2.82. The summed E-state index contributed by atoms with van der Waals surface area (Å²) in [5, 5.41) is 14.0. The summed E-state index contributed by atoms with van der Waals surface area (Å²) in [7, 11) is 0. The van der Waals surface area contributed by atoms with Gasteiger partial charge in [0.1, 0.15) is 0 Å². The van der Waals surface area contributed by atoms with E-state index in [4.69, 9.17) is 6.42 Å². The zero-order chi connectivity index (χ0) is 13.1. The van der Waals surface area contributed by atoms with Gasteiger partial charge in [-0.15, -0.1) is 6.42 Å². The minimum atomic E-state index is -0.485. The van der Waals surface area contributed by atoms with E-state index in [0.29, 0.717) is 16.6 Å². The number of benzene rings is 1. The lowest BCUT2D eigenvalue weighted by atomic mass is 10.1. The summed E-state index contributed by atoms with van der Waals surface area (Å²) in [5.41, 5.74) is 0.210. The quantitative estimate of drug-likeness (QED) is 0.528. The highest BCUT2D eigenvalue weighted by molar-refractivity contribution is 9.10. The number of nitro benzene ring substituents is 1. The molecule has 0 aliphatic rings. The number of hydrogen-bond acceptors (Lipinski definition) is 3. The van der Waals surface area contributed by atoms with Crippen LogP contribution >= 0.6 is 15.9 Å². The lowest BCUT2D eigenvalue weighted by Gasteiger charge is -2.19. The van der Waals surface area contributed by atoms with E-state index in [1.165, 1.54) is 6.07 Å². The van der Waals surface area contributed by atoms with Gasteiger partial charge in [-0.2, -0.15) is 0 Å². The van der Waals surface area contributed by atoms with Crippen molar-refractivity contribution in [3.63, 3.8) is 0 Å². The van der Waals surface area contributed by atoms with E-state index in [9.17, 15) is 10.1 Å². The summed E-state index contributed by atoms with van der Waals surface area (Å²) >= 11 is 3.21. The van der Waals surface area contributed by atoms with Crippen LogP contribution in [0.15, 0.2) is 22.7 Å². The van der Waals surface area contributed by atoms with E-state index in [-0.39, 0.29) is 5.69 Å². The highest BCUT2D eigenvalue weighted by Gasteiger charge is 2.17. The minimum absolute atomic E-state index is 0.0831. The Labute approximate surface area is 109 Å². The van der Waals surface area contributed by atoms with Gasteiger partial charge >= 0.3 is 0 Å². The Bertz CT molecular complexity index is 478. The Morgan fingerprint density at radius 2 is 2.24 bits per heavy atom. The fourth-order valence-corrected chi connectivity index (χ4v) is 1.57. The van der Waals surface area contributed by atoms with Crippen LogP contribution in [-0.4, -0.2) is 10.5 Å². The van der Waals surface area contributed by atoms with Crippen LogP contribution in [0, 0.1) is 22.5 Å². The molecular formula is C12H13BrN2O2. The number of nitrogens with one attached hydrogen (secondary N) is 1. The number of nitro groups is 1. The van der Waals surface area contributed by atoms with Crippen molar-refractivity contribution >= 4 is 21.6 Å². The van der Waals surface area contributed by atoms with Gasteiger partial charge in [0.05, 0.1) is 10.5 Å². The first kappa shape index (κ1) is 13.7. The monoisotopic (exact) mass is 296 g/mol. The first-order valence-electron chi connectivity index (χ1n) is 5.01. The average Bonchev–Trinajstić information content (AvgIpc) is 2.27. The van der Waals surface area contributed by atoms with Gasteiger partial charge in [-0.25, -0.2) is 0 Å². The Kier molecular flexibility index (Phi) is 4.27. The number of rotatable bonds is 4. The van der Waals surface area contributed by atoms with Crippen molar-refractivity contribution in [2.45, 2.75) is 25.9 Å². The second-order valence-electron chi connectivity index (χ2n) is 4.15. The number of hydrogen-bond donors (Lipinski definition) is 1. The molecule has 0 aromatic heterocycles. The standard InChI is InChI=1S/C12H13BrN2O2/c1-4-12(2,3)14-8-9-5-6-10(13)7-11(9)15(16)17/h1,5-7,14H,8H2,2-3H3. The van der Waals surface area contributed by atoms with Gasteiger partial charge in [0, 0.05) is 22.6 Å². The van der Waals surface area contributed by atoms with Gasteiger partial charge in [0.25, 0.3) is 5.69 Å². The van der Waals surface area contributed by atoms with E-state index >= 15 is 0 Å². The highest BCUT2D eigenvalue weighted by Crippen LogP contribution is 2.23. The molecule has 0 saturated heterocycles. The van der Waals surface area contributed by atoms with Gasteiger partial charge in [-0.1, -0.05) is 21.9 Å². The average molecular weight is 297 g/mol. The Balaban J connectivity index is 2.92. The summed E-state index contributed by atoms with van der Waals surface area (Å²) in [6, 6.07) is 4.97. The summed E-state index contributed by atoms with van der Waals surface area (Å²) < 4.78 is 0.684. The van der Waals surface area contributed by atoms with Crippen LogP contribution in [0.3, 0.4) is 0 Å². The summed E-state index contributed by atoms with van der Waals surface area (Å²) in [6.07, 6.45) is 5.34. The molecule has 0 fully saturated rings. The molecule has 5 heteroatoms. The molecule has 4 nitrogen and oxygen atoms in total. The van der Waals surface area contributed by atoms with Crippen LogP contribution in [-0.2, 0) is 6.54 Å². The third-order valence-electron chi connectivity index (χ3n) is 2.33. The molecule has 0 bridgehead atoms. The molecule has 1 rings (SSSR count). The van der Waals surface area contributed by atoms with Gasteiger partial charge in [-0.3, -0.25) is 15.4 Å². The maximum atomic E-state index is 10.9. The van der Waals surface area contributed by atoms with E-state index in [1.54, 1.807) is 12.1 Å². The van der Waals surface area contributed by atoms with Crippen LogP contribution in [0.5, 0.6) is 0 Å². The molecule has 0 radical (unpaired) electrons. The first-order valence-corrected chi connectivity index (χ1v) is 5.80. The second kappa shape index (κ2) is 5.30. The van der Waals surface area contributed by atoms with Crippen LogP contribution < -0.4 is 5.32 Å². The molecule has 90 valence electrons. The molecule has 0 unspecified atom stereocenters. The number of nitrogens with zero attached hydrogens (tertiary/aromatic N) is 1. The molecule has 1 aromatic carbocycles. The maximum absolute atomic E-state index is 10.9. The predicted molar refractivity (Wildman–Crippen MR) is 70.5 cm³/mol. The fraction of sp³-hybridized carbons (Fsp3) is 0.333. The van der Waals surface area contributed by atoms with E-state index < -0.39 is 10.5 Å². The normalized spacial score (nSPS) is 10.9. The topological polar surface area (TPSA) is 55.2 Å². The molecule has 0 aliphatic heterocycles. The van der Waals surface area contributed by atoms with Gasteiger partial charge in [-0.05, 0) is 26.0 Å². The van der Waals surface area contributed by atoms with E-state index in [1.807, 2.05) is 13.8 Å². The van der Waals surface area contributed by atoms with Crippen LogP contribution in [0.4, 0.5) is 5.69 Å². The maximum Gasteiger partial charge on any atom is 0.275 e. The Hall–Kier alpha value is -1.38. The summed E-state index contributed by atoms with van der Waals surface area (Å²) in [5.74, 6) is 2.58. The third kappa shape index (κ3) is 3.84. The Morgan fingerprint density at radius 1 is 1.59 bits per heavy atom. The lowest BCUT2D eigenvalue weighted by molar-refractivity contribution is -0.385. The number of halogens is 1. The predicted octanol–water partition coefficient (Wildman–Crippen LogP) is 2.86. The molecule has 0 spiro atoms. The molecule has 0 saturated carbocycles. The fourth-order valence-electron chi connectivity index (χ4n) is 1.22. The van der Waals surface area contributed by atoms with E-state index in [2.05, 4.69) is 27.2 Å². The molecule has 0 aliphatic carbocycles. The van der Waals surface area contributed by atoms with Crippen molar-refractivity contribution in [3.8, 4) is 12.3 Å². The second-order valence-corrected chi connectivity index (χ2v) is 5.07. The molecule has 1 aromatic rings. The molecule has 1 N–H and O–H groups in total. The SMILES string of the molecule is C#CC(C)(C)NCc1ccc(Br)cc1[N+](=O)[O-]. The van der Waals surface area contributed by atoms with Crippen molar-refractivity contribution in [1.82, 2.24) is 5.32 Å². The minimum Gasteiger partial charge on any atom is -0.297 e. The zero-order valence-corrected chi connectivity index (χ0v) is 11.2. The molecule has 0 heterocycles. The van der Waals surface area contributed by atoms with Gasteiger partial charge < -0.3 is 0 Å². The zero-order valence-electron chi connectivity index (χ0n) is 9.66. The van der Waals surface area contributed by atoms with Crippen LogP contribution in [0.25, 0.3) is 0 Å². The lowest BCUT2D eigenvalue weighted by Crippen LogP contribution is -2.37. The van der Waals surface area contributed by atoms with Crippen molar-refractivity contribution < 1.29 is 4.92 Å². The first-order chi connectivity index (χ1) is 7.85. The van der Waals surface area contributed by atoms with Crippen molar-refractivity contribution in [3.05, 3.63) is 38.3 Å². The summed E-state index contributed by atoms with van der Waals surface area (Å²) in [6.45, 7) is 4.05. The number of terminal acetylenes is 1. The van der Waals surface area contributed by atoms with Crippen molar-refractivity contribution in [2.24, 2.45) is 0 Å². The molecule has 0 amide bonds. The van der Waals surface area contributed by atoms with E-state index in [0.717, 1.165) is 0 Å². The molecule has 0 atom stereocenters. The van der Waals surface area contributed by atoms with Crippen LogP contribution in [0.2, 0.25) is 0 Å². The summed E-state index contributed by atoms with van der Waals surface area (Å²) in [4.78, 5) is 10.5. The largest absolute Gasteiger partial charge is 0.297 e. The molecular weight excluding hydrogens is 284 g/mol. The Morgan fingerprint density at radius 3 is 2.76 bits per heavy atom. The van der Waals surface area contributed by atoms with Gasteiger partial charge in [0.2, 0.25) is 0 Å². The smallest absolute Gasteiger partial charge is 0.275 e. The van der Waals surface area contributed by atoms with Gasteiger partial charge in [0.15, 0.2) is 0 Å². The van der Waals surface area contributed by atoms with Crippen molar-refractivity contribution in [2.75, 3.05) is 0 Å². The van der Waals surface area contributed by atoms with Crippen molar-refractivity contribution in [1.29, 1.82) is 0 Å². The highest BCUT2D eigenvalue weighted by atomic mass is 79.9. The van der Waals surface area contributed by atoms with Crippen LogP contribution in [0.1, 0.15) is 19.4 Å².